The van der Waals surface area contributed by atoms with Crippen LogP contribution in [0.25, 0.3) is 0 Å². The van der Waals surface area contributed by atoms with Crippen molar-refractivity contribution in [2.45, 2.75) is 18.9 Å². The maximum atomic E-state index is 11.3. The molecule has 0 radical (unpaired) electrons. The highest BCUT2D eigenvalue weighted by Gasteiger charge is 2.43. The number of nitrogens with two attached hydrogens (primary N) is 1. The van der Waals surface area contributed by atoms with Crippen LogP contribution in [0.5, 0.6) is 0 Å². The average molecular weight is 204 g/mol. The SMILES string of the molecule is CS(=O)(=O)N1CC2CCC(N)C2C1. The third-order valence-electron chi connectivity index (χ3n) is 3.35. The van der Waals surface area contributed by atoms with E-state index in [1.807, 2.05) is 0 Å². The van der Waals surface area contributed by atoms with Crippen LogP contribution in [0, 0.1) is 11.8 Å². The fourth-order valence-electron chi connectivity index (χ4n) is 2.54. The number of nitrogens with zero attached hydrogens (tertiary/aromatic N) is 1. The molecule has 2 N–H and O–H groups in total. The quantitative estimate of drug-likeness (QED) is 0.633. The fraction of sp³-hybridized carbons (Fsp3) is 1.00. The largest absolute Gasteiger partial charge is 0.327 e. The van der Waals surface area contributed by atoms with Gasteiger partial charge in [0, 0.05) is 19.1 Å². The van der Waals surface area contributed by atoms with Crippen molar-refractivity contribution in [2.75, 3.05) is 19.3 Å². The first-order chi connectivity index (χ1) is 5.98. The summed E-state index contributed by atoms with van der Waals surface area (Å²) in [4.78, 5) is 0. The number of hydrogen-bond donors (Lipinski definition) is 1. The van der Waals surface area contributed by atoms with Gasteiger partial charge in [0.05, 0.1) is 6.26 Å². The molecule has 2 fully saturated rings. The monoisotopic (exact) mass is 204 g/mol. The van der Waals surface area contributed by atoms with Crippen molar-refractivity contribution in [1.82, 2.24) is 4.31 Å². The van der Waals surface area contributed by atoms with Crippen molar-refractivity contribution >= 4 is 10.0 Å². The van der Waals surface area contributed by atoms with Gasteiger partial charge in [-0.3, -0.25) is 0 Å². The lowest BCUT2D eigenvalue weighted by atomic mass is 9.98. The Morgan fingerprint density at radius 3 is 2.54 bits per heavy atom. The Bertz CT molecular complexity index is 301. The average Bonchev–Trinajstić information content (AvgIpc) is 2.51. The number of fused-ring (bicyclic) bond motifs is 1. The van der Waals surface area contributed by atoms with Crippen LogP contribution in [0.1, 0.15) is 12.8 Å². The summed E-state index contributed by atoms with van der Waals surface area (Å²) in [5.41, 5.74) is 5.90. The van der Waals surface area contributed by atoms with E-state index in [1.165, 1.54) is 6.26 Å². The van der Waals surface area contributed by atoms with Gasteiger partial charge in [-0.2, -0.15) is 0 Å². The van der Waals surface area contributed by atoms with E-state index in [1.54, 1.807) is 4.31 Å². The van der Waals surface area contributed by atoms with E-state index >= 15 is 0 Å². The third kappa shape index (κ3) is 1.60. The van der Waals surface area contributed by atoms with Crippen molar-refractivity contribution in [3.8, 4) is 0 Å². The zero-order valence-corrected chi connectivity index (χ0v) is 8.63. The summed E-state index contributed by atoms with van der Waals surface area (Å²) in [6.45, 7) is 1.34. The van der Waals surface area contributed by atoms with Gasteiger partial charge < -0.3 is 5.73 Å². The standard InChI is InChI=1S/C8H16N2O2S/c1-13(11,12)10-4-6-2-3-8(9)7(6)5-10/h6-8H,2-5,9H2,1H3. The summed E-state index contributed by atoms with van der Waals surface area (Å²) in [6, 6.07) is 0.219. The maximum absolute atomic E-state index is 11.3. The second kappa shape index (κ2) is 2.93. The Hall–Kier alpha value is -0.130. The lowest BCUT2D eigenvalue weighted by Crippen LogP contribution is -2.32. The second-order valence-electron chi connectivity index (χ2n) is 4.25. The van der Waals surface area contributed by atoms with Gasteiger partial charge in [0.1, 0.15) is 0 Å². The van der Waals surface area contributed by atoms with E-state index < -0.39 is 10.0 Å². The molecule has 3 unspecified atom stereocenters. The van der Waals surface area contributed by atoms with Gasteiger partial charge in [0.2, 0.25) is 10.0 Å². The lowest BCUT2D eigenvalue weighted by molar-refractivity contribution is 0.429. The predicted molar refractivity (Wildman–Crippen MR) is 50.6 cm³/mol. The van der Waals surface area contributed by atoms with Crippen molar-refractivity contribution in [1.29, 1.82) is 0 Å². The minimum Gasteiger partial charge on any atom is -0.327 e. The van der Waals surface area contributed by atoms with Gasteiger partial charge in [-0.25, -0.2) is 12.7 Å². The Balaban J connectivity index is 2.11. The van der Waals surface area contributed by atoms with E-state index in [-0.39, 0.29) is 6.04 Å². The van der Waals surface area contributed by atoms with E-state index in [4.69, 9.17) is 5.73 Å². The number of rotatable bonds is 1. The molecule has 0 aromatic rings. The van der Waals surface area contributed by atoms with Crippen LogP contribution in [-0.2, 0) is 10.0 Å². The molecule has 13 heavy (non-hydrogen) atoms. The normalized spacial score (nSPS) is 40.9. The number of hydrogen-bond acceptors (Lipinski definition) is 3. The molecule has 1 aliphatic carbocycles. The predicted octanol–water partition coefficient (Wildman–Crippen LogP) is -0.385. The smallest absolute Gasteiger partial charge is 0.211 e. The molecule has 0 spiro atoms. The molecule has 5 heteroatoms. The minimum atomic E-state index is -2.99. The molecule has 3 atom stereocenters. The van der Waals surface area contributed by atoms with Crippen LogP contribution in [0.2, 0.25) is 0 Å². The van der Waals surface area contributed by atoms with Crippen molar-refractivity contribution in [3.05, 3.63) is 0 Å². The third-order valence-corrected chi connectivity index (χ3v) is 4.58. The van der Waals surface area contributed by atoms with Crippen molar-refractivity contribution < 1.29 is 8.42 Å². The molecule has 2 aliphatic rings. The van der Waals surface area contributed by atoms with Crippen molar-refractivity contribution in [2.24, 2.45) is 17.6 Å². The first-order valence-corrected chi connectivity index (χ1v) is 6.54. The lowest BCUT2D eigenvalue weighted by Gasteiger charge is -2.15. The maximum Gasteiger partial charge on any atom is 0.211 e. The highest BCUT2D eigenvalue weighted by molar-refractivity contribution is 7.88. The molecule has 0 amide bonds. The molecular formula is C8H16N2O2S. The number of sulfonamides is 1. The van der Waals surface area contributed by atoms with Gasteiger partial charge in [-0.05, 0) is 24.7 Å². The van der Waals surface area contributed by atoms with Gasteiger partial charge in [-0.15, -0.1) is 0 Å². The van der Waals surface area contributed by atoms with Gasteiger partial charge in [-0.1, -0.05) is 0 Å². The summed E-state index contributed by atoms with van der Waals surface area (Å²) in [6.07, 6.45) is 3.43. The molecule has 0 aromatic heterocycles. The van der Waals surface area contributed by atoms with Crippen LogP contribution in [-0.4, -0.2) is 38.1 Å². The molecule has 1 aliphatic heterocycles. The molecule has 76 valence electrons. The van der Waals surface area contributed by atoms with Crippen molar-refractivity contribution in [3.63, 3.8) is 0 Å². The molecule has 1 saturated carbocycles. The Kier molecular flexibility index (Phi) is 2.13. The summed E-state index contributed by atoms with van der Waals surface area (Å²) < 4.78 is 24.1. The zero-order chi connectivity index (χ0) is 9.64. The van der Waals surface area contributed by atoms with Crippen LogP contribution in [0.4, 0.5) is 0 Å². The second-order valence-corrected chi connectivity index (χ2v) is 6.23. The molecule has 1 heterocycles. The van der Waals surface area contributed by atoms with Crippen LogP contribution >= 0.6 is 0 Å². The first-order valence-electron chi connectivity index (χ1n) is 4.69. The van der Waals surface area contributed by atoms with Crippen LogP contribution in [0.3, 0.4) is 0 Å². The van der Waals surface area contributed by atoms with E-state index in [0.717, 1.165) is 12.8 Å². The van der Waals surface area contributed by atoms with E-state index in [2.05, 4.69) is 0 Å². The van der Waals surface area contributed by atoms with Gasteiger partial charge in [0.15, 0.2) is 0 Å². The fourth-order valence-corrected chi connectivity index (χ4v) is 3.44. The Morgan fingerprint density at radius 2 is 2.00 bits per heavy atom. The van der Waals surface area contributed by atoms with Gasteiger partial charge in [0.25, 0.3) is 0 Å². The zero-order valence-electron chi connectivity index (χ0n) is 7.81. The Labute approximate surface area is 79.1 Å². The van der Waals surface area contributed by atoms with Crippen LogP contribution in [0.15, 0.2) is 0 Å². The Morgan fingerprint density at radius 1 is 1.31 bits per heavy atom. The molecule has 0 aromatic carbocycles. The van der Waals surface area contributed by atoms with E-state index in [9.17, 15) is 8.42 Å². The van der Waals surface area contributed by atoms with Crippen LogP contribution < -0.4 is 5.73 Å². The topological polar surface area (TPSA) is 63.4 Å². The molecule has 4 nitrogen and oxygen atoms in total. The molecular weight excluding hydrogens is 188 g/mol. The highest BCUT2D eigenvalue weighted by Crippen LogP contribution is 2.37. The summed E-state index contributed by atoms with van der Waals surface area (Å²) >= 11 is 0. The van der Waals surface area contributed by atoms with E-state index in [0.29, 0.717) is 24.9 Å². The first kappa shape index (κ1) is 9.43. The summed E-state index contributed by atoms with van der Waals surface area (Å²) in [5.74, 6) is 0.930. The summed E-state index contributed by atoms with van der Waals surface area (Å²) in [5, 5.41) is 0. The molecule has 0 bridgehead atoms. The highest BCUT2D eigenvalue weighted by atomic mass is 32.2. The molecule has 1 saturated heterocycles. The minimum absolute atomic E-state index is 0.219. The summed E-state index contributed by atoms with van der Waals surface area (Å²) in [7, 11) is -2.99. The van der Waals surface area contributed by atoms with Gasteiger partial charge >= 0.3 is 0 Å². The molecule has 2 rings (SSSR count).